The van der Waals surface area contributed by atoms with E-state index in [1.807, 2.05) is 20.8 Å². The fraction of sp³-hybridized carbons (Fsp3) is 0.750. The second-order valence-electron chi connectivity index (χ2n) is 5.37. The smallest absolute Gasteiger partial charge is 0.411 e. The minimum atomic E-state index is -0.441. The average Bonchev–Trinajstić information content (AvgIpc) is 2.73. The number of carbonyl (C=O) groups is 1. The molecule has 3 nitrogen and oxygen atoms in total. The number of ether oxygens (including phenoxy) is 1. The highest BCUT2D eigenvalue weighted by Gasteiger charge is 2.54. The molecular formula is C12H17NO2. The zero-order valence-corrected chi connectivity index (χ0v) is 9.49. The first kappa shape index (κ1) is 10.4. The van der Waals surface area contributed by atoms with Gasteiger partial charge in [-0.05, 0) is 39.5 Å². The van der Waals surface area contributed by atoms with E-state index in [1.165, 1.54) is 0 Å². The van der Waals surface area contributed by atoms with Crippen molar-refractivity contribution in [2.75, 3.05) is 0 Å². The number of rotatable bonds is 0. The number of fused-ring (bicyclic) bond motifs is 1. The molecule has 0 aromatic heterocycles. The van der Waals surface area contributed by atoms with Gasteiger partial charge in [-0.25, -0.2) is 4.79 Å². The number of carbonyl (C=O) groups excluding carboxylic acids is 1. The van der Waals surface area contributed by atoms with Gasteiger partial charge in [0, 0.05) is 6.04 Å². The van der Waals surface area contributed by atoms with E-state index in [2.05, 4.69) is 5.92 Å². The Labute approximate surface area is 90.8 Å². The highest BCUT2D eigenvalue weighted by molar-refractivity contribution is 5.71. The number of amides is 1. The lowest BCUT2D eigenvalue weighted by Crippen LogP contribution is -2.41. The fourth-order valence-corrected chi connectivity index (χ4v) is 2.18. The zero-order valence-electron chi connectivity index (χ0n) is 9.49. The van der Waals surface area contributed by atoms with E-state index in [0.717, 1.165) is 12.8 Å². The first-order valence-electron chi connectivity index (χ1n) is 5.40. The quantitative estimate of drug-likeness (QED) is 0.569. The highest BCUT2D eigenvalue weighted by atomic mass is 16.6. The van der Waals surface area contributed by atoms with Gasteiger partial charge in [-0.15, -0.1) is 6.42 Å². The van der Waals surface area contributed by atoms with Crippen molar-refractivity contribution in [2.24, 2.45) is 5.92 Å². The third kappa shape index (κ3) is 1.94. The summed E-state index contributed by atoms with van der Waals surface area (Å²) in [5.74, 6) is 3.29. The molecule has 2 fully saturated rings. The van der Waals surface area contributed by atoms with Gasteiger partial charge in [0.15, 0.2) is 0 Å². The summed E-state index contributed by atoms with van der Waals surface area (Å²) in [6.07, 6.45) is 7.19. The van der Waals surface area contributed by atoms with Crippen LogP contribution >= 0.6 is 0 Å². The van der Waals surface area contributed by atoms with Crippen LogP contribution in [0.5, 0.6) is 0 Å². The molecule has 3 heteroatoms. The van der Waals surface area contributed by atoms with Gasteiger partial charge in [0.25, 0.3) is 0 Å². The molecule has 1 aliphatic carbocycles. The van der Waals surface area contributed by atoms with E-state index in [9.17, 15) is 4.79 Å². The van der Waals surface area contributed by atoms with Crippen molar-refractivity contribution in [3.63, 3.8) is 0 Å². The van der Waals surface area contributed by atoms with Crippen LogP contribution in [0.3, 0.4) is 0 Å². The van der Waals surface area contributed by atoms with Crippen LogP contribution in [0.2, 0.25) is 0 Å². The Kier molecular flexibility index (Phi) is 2.18. The molecule has 1 amide bonds. The maximum atomic E-state index is 11.9. The van der Waals surface area contributed by atoms with E-state index in [-0.39, 0.29) is 12.1 Å². The molecule has 2 rings (SSSR count). The van der Waals surface area contributed by atoms with Crippen LogP contribution in [-0.2, 0) is 4.74 Å². The normalized spacial score (nSPS) is 33.2. The second-order valence-corrected chi connectivity index (χ2v) is 5.37. The Balaban J connectivity index is 2.04. The van der Waals surface area contributed by atoms with Gasteiger partial charge in [0.2, 0.25) is 0 Å². The van der Waals surface area contributed by atoms with Crippen molar-refractivity contribution in [3.8, 4) is 12.3 Å². The van der Waals surface area contributed by atoms with Crippen molar-refractivity contribution < 1.29 is 9.53 Å². The Morgan fingerprint density at radius 2 is 2.13 bits per heavy atom. The zero-order chi connectivity index (χ0) is 11.2. The maximum absolute atomic E-state index is 11.9. The van der Waals surface area contributed by atoms with Crippen LogP contribution in [0.4, 0.5) is 4.79 Å². The summed E-state index contributed by atoms with van der Waals surface area (Å²) in [5.41, 5.74) is -0.441. The van der Waals surface area contributed by atoms with E-state index < -0.39 is 5.60 Å². The molecule has 15 heavy (non-hydrogen) atoms. The molecule has 82 valence electrons. The highest BCUT2D eigenvalue weighted by Crippen LogP contribution is 2.48. The van der Waals surface area contributed by atoms with Crippen molar-refractivity contribution in [1.29, 1.82) is 0 Å². The molecule has 0 aromatic carbocycles. The van der Waals surface area contributed by atoms with Crippen LogP contribution in [0.1, 0.15) is 33.6 Å². The molecule has 0 bridgehead atoms. The third-order valence-corrected chi connectivity index (χ3v) is 2.90. The van der Waals surface area contributed by atoms with Crippen molar-refractivity contribution in [3.05, 3.63) is 0 Å². The number of nitrogens with zero attached hydrogens (tertiary/aromatic N) is 1. The minimum Gasteiger partial charge on any atom is -0.444 e. The van der Waals surface area contributed by atoms with Gasteiger partial charge in [0.05, 0.1) is 6.04 Å². The monoisotopic (exact) mass is 207 g/mol. The first-order valence-corrected chi connectivity index (χ1v) is 5.40. The lowest BCUT2D eigenvalue weighted by atomic mass is 10.2. The molecule has 0 radical (unpaired) electrons. The maximum Gasteiger partial charge on any atom is 0.411 e. The third-order valence-electron chi connectivity index (χ3n) is 2.90. The minimum absolute atomic E-state index is 0.0522. The molecule has 0 unspecified atom stereocenters. The van der Waals surface area contributed by atoms with Crippen LogP contribution in [0.15, 0.2) is 0 Å². The SMILES string of the molecule is C#C[C@H]1C[C@@H]2C[C@@H]2N1C(=O)OC(C)(C)C. The van der Waals surface area contributed by atoms with Gasteiger partial charge >= 0.3 is 6.09 Å². The molecule has 3 atom stereocenters. The molecule has 2 aliphatic rings. The van der Waals surface area contributed by atoms with Crippen molar-refractivity contribution in [2.45, 2.75) is 51.3 Å². The lowest BCUT2D eigenvalue weighted by molar-refractivity contribution is 0.0225. The standard InChI is InChI=1S/C12H17NO2/c1-5-9-6-8-7-10(8)13(9)11(14)15-12(2,3)4/h1,8-10H,6-7H2,2-4H3/t8-,9+,10+/m1/s1. The van der Waals surface area contributed by atoms with Crippen LogP contribution in [0.25, 0.3) is 0 Å². The van der Waals surface area contributed by atoms with Crippen molar-refractivity contribution in [1.82, 2.24) is 4.90 Å². The lowest BCUT2D eigenvalue weighted by Gasteiger charge is -2.28. The number of hydrogen-bond donors (Lipinski definition) is 0. The van der Waals surface area contributed by atoms with Gasteiger partial charge < -0.3 is 4.74 Å². The fourth-order valence-electron chi connectivity index (χ4n) is 2.18. The van der Waals surface area contributed by atoms with Crippen molar-refractivity contribution >= 4 is 6.09 Å². The Morgan fingerprint density at radius 3 is 2.67 bits per heavy atom. The Bertz CT molecular complexity index is 323. The molecule has 1 saturated heterocycles. The average molecular weight is 207 g/mol. The van der Waals surface area contributed by atoms with E-state index in [0.29, 0.717) is 12.0 Å². The van der Waals surface area contributed by atoms with E-state index in [1.54, 1.807) is 4.90 Å². The molecule has 0 N–H and O–H groups in total. The number of likely N-dealkylation sites (tertiary alicyclic amines) is 1. The predicted octanol–water partition coefficient (Wildman–Crippen LogP) is 2.02. The molecule has 1 saturated carbocycles. The number of terminal acetylenes is 1. The topological polar surface area (TPSA) is 29.5 Å². The summed E-state index contributed by atoms with van der Waals surface area (Å²) in [6.45, 7) is 5.61. The van der Waals surface area contributed by atoms with E-state index in [4.69, 9.17) is 11.2 Å². The van der Waals surface area contributed by atoms with Crippen LogP contribution in [0, 0.1) is 18.3 Å². The summed E-state index contributed by atoms with van der Waals surface area (Å²) in [7, 11) is 0. The number of hydrogen-bond acceptors (Lipinski definition) is 2. The molecular weight excluding hydrogens is 190 g/mol. The van der Waals surface area contributed by atoms with Crippen LogP contribution in [-0.4, -0.2) is 28.7 Å². The van der Waals surface area contributed by atoms with E-state index >= 15 is 0 Å². The van der Waals surface area contributed by atoms with Gasteiger partial charge in [-0.2, -0.15) is 0 Å². The summed E-state index contributed by atoms with van der Waals surface area (Å²) in [6, 6.07) is 0.296. The van der Waals surface area contributed by atoms with Gasteiger partial charge in [-0.3, -0.25) is 4.90 Å². The van der Waals surface area contributed by atoms with Gasteiger partial charge in [0.1, 0.15) is 5.60 Å². The second kappa shape index (κ2) is 3.16. The summed E-state index contributed by atoms with van der Waals surface area (Å²) in [4.78, 5) is 13.6. The summed E-state index contributed by atoms with van der Waals surface area (Å²) in [5, 5.41) is 0. The summed E-state index contributed by atoms with van der Waals surface area (Å²) < 4.78 is 5.34. The predicted molar refractivity (Wildman–Crippen MR) is 57.2 cm³/mol. The largest absolute Gasteiger partial charge is 0.444 e. The number of piperidine rings is 1. The molecule has 1 heterocycles. The molecule has 0 spiro atoms. The first-order chi connectivity index (χ1) is 6.92. The molecule has 1 aliphatic heterocycles. The van der Waals surface area contributed by atoms with Gasteiger partial charge in [-0.1, -0.05) is 5.92 Å². The Hall–Kier alpha value is -1.17. The van der Waals surface area contributed by atoms with Crippen LogP contribution < -0.4 is 0 Å². The summed E-state index contributed by atoms with van der Waals surface area (Å²) >= 11 is 0. The Morgan fingerprint density at radius 1 is 1.47 bits per heavy atom. The molecule has 0 aromatic rings.